The average Bonchev–Trinajstić information content (AvgIpc) is 2.68. The minimum atomic E-state index is -0.0567. The van der Waals surface area contributed by atoms with Gasteiger partial charge in [-0.25, -0.2) is 4.98 Å². The molecular formula is C7H12N4. The van der Waals surface area contributed by atoms with E-state index in [4.69, 9.17) is 5.73 Å². The third-order valence-corrected chi connectivity index (χ3v) is 1.89. The van der Waals surface area contributed by atoms with Crippen molar-refractivity contribution in [3.8, 4) is 0 Å². The average molecular weight is 152 g/mol. The first-order valence-corrected chi connectivity index (χ1v) is 3.95. The molecular weight excluding hydrogens is 140 g/mol. The van der Waals surface area contributed by atoms with Gasteiger partial charge < -0.3 is 5.73 Å². The maximum Gasteiger partial charge on any atom is 0.167 e. The fourth-order valence-electron chi connectivity index (χ4n) is 1.03. The second kappa shape index (κ2) is 2.30. The highest BCUT2D eigenvalue weighted by Gasteiger charge is 2.27. The van der Waals surface area contributed by atoms with Gasteiger partial charge in [0, 0.05) is 5.92 Å². The van der Waals surface area contributed by atoms with E-state index in [1.807, 2.05) is 6.92 Å². The zero-order valence-corrected chi connectivity index (χ0v) is 6.54. The summed E-state index contributed by atoms with van der Waals surface area (Å²) in [5, 5.41) is 6.92. The molecule has 1 fully saturated rings. The maximum absolute atomic E-state index is 5.60. The van der Waals surface area contributed by atoms with E-state index in [1.54, 1.807) is 0 Å². The Kier molecular flexibility index (Phi) is 1.42. The Balaban J connectivity index is 2.18. The summed E-state index contributed by atoms with van der Waals surface area (Å²) in [7, 11) is 0. The summed E-state index contributed by atoms with van der Waals surface area (Å²) in [6.07, 6.45) is 2.49. The van der Waals surface area contributed by atoms with Crippen LogP contribution in [0.4, 0.5) is 0 Å². The van der Waals surface area contributed by atoms with E-state index < -0.39 is 0 Å². The van der Waals surface area contributed by atoms with Gasteiger partial charge in [0.05, 0.1) is 6.04 Å². The van der Waals surface area contributed by atoms with E-state index >= 15 is 0 Å². The molecule has 1 aliphatic rings. The lowest BCUT2D eigenvalue weighted by atomic mass is 10.3. The molecule has 0 saturated heterocycles. The molecule has 3 N–H and O–H groups in total. The molecule has 1 heterocycles. The van der Waals surface area contributed by atoms with Gasteiger partial charge in [0.25, 0.3) is 0 Å². The topological polar surface area (TPSA) is 67.6 Å². The van der Waals surface area contributed by atoms with Gasteiger partial charge >= 0.3 is 0 Å². The monoisotopic (exact) mass is 152 g/mol. The minimum Gasteiger partial charge on any atom is -0.321 e. The van der Waals surface area contributed by atoms with Gasteiger partial charge in [0.15, 0.2) is 5.82 Å². The molecule has 4 heteroatoms. The van der Waals surface area contributed by atoms with E-state index in [2.05, 4.69) is 15.2 Å². The van der Waals surface area contributed by atoms with Crippen LogP contribution in [0.3, 0.4) is 0 Å². The number of hydrogen-bond donors (Lipinski definition) is 2. The first-order valence-electron chi connectivity index (χ1n) is 3.95. The van der Waals surface area contributed by atoms with Crippen LogP contribution in [0.15, 0.2) is 0 Å². The Morgan fingerprint density at radius 1 is 1.64 bits per heavy atom. The number of nitrogens with one attached hydrogen (secondary N) is 1. The lowest BCUT2D eigenvalue weighted by molar-refractivity contribution is 0.744. The van der Waals surface area contributed by atoms with E-state index in [9.17, 15) is 0 Å². The van der Waals surface area contributed by atoms with E-state index in [1.165, 1.54) is 12.8 Å². The number of H-pyrrole nitrogens is 1. The molecule has 0 bridgehead atoms. The Bertz CT molecular complexity index is 232. The summed E-state index contributed by atoms with van der Waals surface area (Å²) in [5.74, 6) is 2.37. The second-order valence-corrected chi connectivity index (χ2v) is 3.14. The maximum atomic E-state index is 5.60. The van der Waals surface area contributed by atoms with Gasteiger partial charge in [-0.3, -0.25) is 5.10 Å². The number of nitrogens with two attached hydrogens (primary N) is 1. The zero-order chi connectivity index (χ0) is 7.84. The van der Waals surface area contributed by atoms with Crippen molar-refractivity contribution >= 4 is 0 Å². The van der Waals surface area contributed by atoms with Crippen LogP contribution in [0.25, 0.3) is 0 Å². The molecule has 0 radical (unpaired) electrons. The molecule has 1 unspecified atom stereocenters. The summed E-state index contributed by atoms with van der Waals surface area (Å²) < 4.78 is 0. The van der Waals surface area contributed by atoms with Crippen LogP contribution in [0.1, 0.15) is 43.4 Å². The summed E-state index contributed by atoms with van der Waals surface area (Å²) in [6, 6.07) is -0.0567. The number of aromatic nitrogens is 3. The zero-order valence-electron chi connectivity index (χ0n) is 6.54. The highest BCUT2D eigenvalue weighted by atomic mass is 15.2. The van der Waals surface area contributed by atoms with Gasteiger partial charge in [-0.15, -0.1) is 0 Å². The molecule has 1 aromatic heterocycles. The fourth-order valence-corrected chi connectivity index (χ4v) is 1.03. The lowest BCUT2D eigenvalue weighted by Gasteiger charge is -1.94. The summed E-state index contributed by atoms with van der Waals surface area (Å²) >= 11 is 0. The van der Waals surface area contributed by atoms with Crippen molar-refractivity contribution in [2.45, 2.75) is 31.7 Å². The van der Waals surface area contributed by atoms with E-state index in [0.29, 0.717) is 5.92 Å². The van der Waals surface area contributed by atoms with Gasteiger partial charge in [-0.1, -0.05) is 0 Å². The largest absolute Gasteiger partial charge is 0.321 e. The normalized spacial score (nSPS) is 20.2. The molecule has 1 saturated carbocycles. The van der Waals surface area contributed by atoms with Crippen LogP contribution in [-0.2, 0) is 0 Å². The SMILES string of the molecule is CC(N)c1n[nH]c(C2CC2)n1. The fraction of sp³-hybridized carbons (Fsp3) is 0.714. The number of hydrogen-bond acceptors (Lipinski definition) is 3. The Hall–Kier alpha value is -0.900. The van der Waals surface area contributed by atoms with Crippen molar-refractivity contribution in [2.24, 2.45) is 5.73 Å². The third kappa shape index (κ3) is 1.26. The number of rotatable bonds is 2. The highest BCUT2D eigenvalue weighted by molar-refractivity contribution is 5.06. The van der Waals surface area contributed by atoms with Crippen LogP contribution in [0.2, 0.25) is 0 Å². The lowest BCUT2D eigenvalue weighted by Crippen LogP contribution is -2.06. The third-order valence-electron chi connectivity index (χ3n) is 1.89. The van der Waals surface area contributed by atoms with E-state index in [0.717, 1.165) is 11.6 Å². The van der Waals surface area contributed by atoms with Crippen molar-refractivity contribution in [3.63, 3.8) is 0 Å². The van der Waals surface area contributed by atoms with Crippen LogP contribution >= 0.6 is 0 Å². The molecule has 11 heavy (non-hydrogen) atoms. The molecule has 0 spiro atoms. The molecule has 0 aliphatic heterocycles. The van der Waals surface area contributed by atoms with Crippen LogP contribution in [0.5, 0.6) is 0 Å². The quantitative estimate of drug-likeness (QED) is 0.655. The first-order chi connectivity index (χ1) is 5.27. The number of aromatic amines is 1. The predicted octanol–water partition coefficient (Wildman–Crippen LogP) is 0.702. The second-order valence-electron chi connectivity index (χ2n) is 3.14. The molecule has 0 amide bonds. The Labute approximate surface area is 65.2 Å². The van der Waals surface area contributed by atoms with Crippen molar-refractivity contribution < 1.29 is 0 Å². The Morgan fingerprint density at radius 3 is 2.82 bits per heavy atom. The van der Waals surface area contributed by atoms with Crippen LogP contribution in [0, 0.1) is 0 Å². The smallest absolute Gasteiger partial charge is 0.167 e. The van der Waals surface area contributed by atoms with Gasteiger partial charge in [0.2, 0.25) is 0 Å². The molecule has 60 valence electrons. The predicted molar refractivity (Wildman–Crippen MR) is 41.0 cm³/mol. The molecule has 1 aliphatic carbocycles. The minimum absolute atomic E-state index is 0.0567. The van der Waals surface area contributed by atoms with Crippen molar-refractivity contribution in [2.75, 3.05) is 0 Å². The summed E-state index contributed by atoms with van der Waals surface area (Å²) in [5.41, 5.74) is 5.60. The molecule has 1 aromatic rings. The molecule has 2 rings (SSSR count). The van der Waals surface area contributed by atoms with Crippen molar-refractivity contribution in [1.82, 2.24) is 15.2 Å². The first kappa shape index (κ1) is 6.79. The summed E-state index contributed by atoms with van der Waals surface area (Å²) in [6.45, 7) is 1.89. The molecule has 0 aromatic carbocycles. The summed E-state index contributed by atoms with van der Waals surface area (Å²) in [4.78, 5) is 4.28. The number of nitrogens with zero attached hydrogens (tertiary/aromatic N) is 2. The van der Waals surface area contributed by atoms with Crippen molar-refractivity contribution in [1.29, 1.82) is 0 Å². The molecule has 1 atom stereocenters. The van der Waals surface area contributed by atoms with Gasteiger partial charge in [-0.05, 0) is 19.8 Å². The van der Waals surface area contributed by atoms with Crippen molar-refractivity contribution in [3.05, 3.63) is 11.6 Å². The molecule has 4 nitrogen and oxygen atoms in total. The van der Waals surface area contributed by atoms with Crippen LogP contribution in [-0.4, -0.2) is 15.2 Å². The highest BCUT2D eigenvalue weighted by Crippen LogP contribution is 2.37. The van der Waals surface area contributed by atoms with Gasteiger partial charge in [-0.2, -0.15) is 5.10 Å². The van der Waals surface area contributed by atoms with Gasteiger partial charge in [0.1, 0.15) is 5.82 Å². The Morgan fingerprint density at radius 2 is 2.36 bits per heavy atom. The van der Waals surface area contributed by atoms with Crippen LogP contribution < -0.4 is 5.73 Å². The van der Waals surface area contributed by atoms with E-state index in [-0.39, 0.29) is 6.04 Å². The standard InChI is InChI=1S/C7H12N4/c1-4(8)6-9-7(11-10-6)5-2-3-5/h4-5H,2-3,8H2,1H3,(H,9,10,11).